The van der Waals surface area contributed by atoms with Gasteiger partial charge in [-0.15, -0.1) is 11.3 Å². The summed E-state index contributed by atoms with van der Waals surface area (Å²) in [5.41, 5.74) is 1.55. The fourth-order valence-corrected chi connectivity index (χ4v) is 3.62. The number of thiophene rings is 1. The molecular weight excluding hydrogens is 256 g/mol. The van der Waals surface area contributed by atoms with Crippen molar-refractivity contribution in [2.24, 2.45) is 0 Å². The van der Waals surface area contributed by atoms with Crippen LogP contribution < -0.4 is 5.32 Å². The van der Waals surface area contributed by atoms with Crippen LogP contribution in [0.1, 0.15) is 36.8 Å². The van der Waals surface area contributed by atoms with Gasteiger partial charge in [-0.2, -0.15) is 0 Å². The standard InChI is InChI=1S/C15H26N2OS/c1-3-18-11-4-7-16-8-10-17-9-5-15-14(13(17)2)6-12-19-15/h6,12-13,16H,3-5,7-11H2,1-2H3. The van der Waals surface area contributed by atoms with Crippen LogP contribution >= 0.6 is 11.3 Å². The van der Waals surface area contributed by atoms with Crippen molar-refractivity contribution >= 4 is 11.3 Å². The molecule has 0 radical (unpaired) electrons. The van der Waals surface area contributed by atoms with Crippen molar-refractivity contribution in [3.8, 4) is 0 Å². The highest BCUT2D eigenvalue weighted by molar-refractivity contribution is 7.10. The van der Waals surface area contributed by atoms with Gasteiger partial charge in [0.25, 0.3) is 0 Å². The number of rotatable bonds is 8. The van der Waals surface area contributed by atoms with Crippen LogP contribution in [0.3, 0.4) is 0 Å². The van der Waals surface area contributed by atoms with Gasteiger partial charge >= 0.3 is 0 Å². The van der Waals surface area contributed by atoms with Gasteiger partial charge in [-0.05, 0) is 50.2 Å². The summed E-state index contributed by atoms with van der Waals surface area (Å²) in [6.07, 6.45) is 2.33. The van der Waals surface area contributed by atoms with Crippen molar-refractivity contribution in [1.82, 2.24) is 10.2 Å². The van der Waals surface area contributed by atoms with E-state index < -0.39 is 0 Å². The second kappa shape index (κ2) is 8.00. The number of hydrogen-bond donors (Lipinski definition) is 1. The van der Waals surface area contributed by atoms with Crippen LogP contribution in [0.2, 0.25) is 0 Å². The molecule has 1 unspecified atom stereocenters. The van der Waals surface area contributed by atoms with Crippen LogP contribution in [0, 0.1) is 0 Å². The molecule has 1 N–H and O–H groups in total. The highest BCUT2D eigenvalue weighted by Gasteiger charge is 2.23. The first-order valence-electron chi connectivity index (χ1n) is 7.41. The van der Waals surface area contributed by atoms with E-state index in [0.717, 1.165) is 39.3 Å². The Morgan fingerprint density at radius 3 is 3.21 bits per heavy atom. The van der Waals surface area contributed by atoms with Crippen LogP contribution in [0.4, 0.5) is 0 Å². The average molecular weight is 282 g/mol. The first-order chi connectivity index (χ1) is 9.33. The molecule has 2 heterocycles. The number of nitrogens with zero attached hydrogens (tertiary/aromatic N) is 1. The largest absolute Gasteiger partial charge is 0.382 e. The maximum Gasteiger partial charge on any atom is 0.0477 e. The monoisotopic (exact) mass is 282 g/mol. The first kappa shape index (κ1) is 15.0. The van der Waals surface area contributed by atoms with Gasteiger partial charge in [0.05, 0.1) is 0 Å². The van der Waals surface area contributed by atoms with E-state index in [1.807, 2.05) is 18.3 Å². The molecule has 0 aromatic carbocycles. The second-order valence-corrected chi connectivity index (χ2v) is 6.06. The molecule has 2 rings (SSSR count). The Kier molecular flexibility index (Phi) is 6.31. The van der Waals surface area contributed by atoms with E-state index in [9.17, 15) is 0 Å². The smallest absolute Gasteiger partial charge is 0.0477 e. The maximum absolute atomic E-state index is 5.33. The Hall–Kier alpha value is -0.420. The van der Waals surface area contributed by atoms with Crippen LogP contribution in [0.25, 0.3) is 0 Å². The fraction of sp³-hybridized carbons (Fsp3) is 0.733. The minimum absolute atomic E-state index is 0.584. The third-order valence-corrected chi connectivity index (χ3v) is 4.82. The summed E-state index contributed by atoms with van der Waals surface area (Å²) in [4.78, 5) is 4.18. The minimum atomic E-state index is 0.584. The number of nitrogens with one attached hydrogen (secondary N) is 1. The first-order valence-corrected chi connectivity index (χ1v) is 8.29. The highest BCUT2D eigenvalue weighted by Crippen LogP contribution is 2.32. The third-order valence-electron chi connectivity index (χ3n) is 3.83. The summed E-state index contributed by atoms with van der Waals surface area (Å²) in [7, 11) is 0. The molecule has 108 valence electrons. The Morgan fingerprint density at radius 1 is 1.47 bits per heavy atom. The van der Waals surface area contributed by atoms with E-state index >= 15 is 0 Å². The number of fused-ring (bicyclic) bond motifs is 1. The summed E-state index contributed by atoms with van der Waals surface area (Å²) in [6.45, 7) is 10.6. The zero-order valence-electron chi connectivity index (χ0n) is 12.2. The molecule has 0 spiro atoms. The molecule has 0 aliphatic carbocycles. The Morgan fingerprint density at radius 2 is 2.37 bits per heavy atom. The zero-order chi connectivity index (χ0) is 13.5. The van der Waals surface area contributed by atoms with Crippen molar-refractivity contribution in [1.29, 1.82) is 0 Å². The molecule has 1 aliphatic heterocycles. The summed E-state index contributed by atoms with van der Waals surface area (Å²) < 4.78 is 5.33. The second-order valence-electron chi connectivity index (χ2n) is 5.06. The van der Waals surface area contributed by atoms with Gasteiger partial charge in [-0.25, -0.2) is 0 Å². The molecule has 0 amide bonds. The molecular formula is C15H26N2OS. The predicted octanol–water partition coefficient (Wildman–Crippen LogP) is 2.68. The van der Waals surface area contributed by atoms with Crippen molar-refractivity contribution < 1.29 is 4.74 Å². The van der Waals surface area contributed by atoms with Crippen LogP contribution in [0.5, 0.6) is 0 Å². The lowest BCUT2D eigenvalue weighted by Crippen LogP contribution is -2.38. The summed E-state index contributed by atoms with van der Waals surface area (Å²) in [5.74, 6) is 0. The number of hydrogen-bond acceptors (Lipinski definition) is 4. The summed E-state index contributed by atoms with van der Waals surface area (Å²) in [6, 6.07) is 2.88. The van der Waals surface area contributed by atoms with Crippen LogP contribution in [0.15, 0.2) is 11.4 Å². The van der Waals surface area contributed by atoms with Crippen molar-refractivity contribution in [3.63, 3.8) is 0 Å². The molecule has 3 nitrogen and oxygen atoms in total. The van der Waals surface area contributed by atoms with E-state index in [0.29, 0.717) is 6.04 Å². The van der Waals surface area contributed by atoms with E-state index in [1.54, 1.807) is 10.4 Å². The zero-order valence-corrected chi connectivity index (χ0v) is 13.0. The minimum Gasteiger partial charge on any atom is -0.382 e. The molecule has 4 heteroatoms. The maximum atomic E-state index is 5.33. The van der Waals surface area contributed by atoms with E-state index in [-0.39, 0.29) is 0 Å². The molecule has 1 aliphatic rings. The van der Waals surface area contributed by atoms with Gasteiger partial charge in [0.15, 0.2) is 0 Å². The van der Waals surface area contributed by atoms with Gasteiger partial charge in [0, 0.05) is 43.8 Å². The van der Waals surface area contributed by atoms with E-state index in [2.05, 4.69) is 28.6 Å². The average Bonchev–Trinajstić information content (AvgIpc) is 2.89. The molecule has 0 bridgehead atoms. The molecule has 1 aromatic rings. The lowest BCUT2D eigenvalue weighted by Gasteiger charge is -2.33. The lowest BCUT2D eigenvalue weighted by molar-refractivity contribution is 0.144. The lowest BCUT2D eigenvalue weighted by atomic mass is 10.0. The fourth-order valence-electron chi connectivity index (χ4n) is 2.66. The normalized spacial score (nSPS) is 19.6. The van der Waals surface area contributed by atoms with Crippen LogP contribution in [-0.2, 0) is 11.2 Å². The molecule has 0 fully saturated rings. The third kappa shape index (κ3) is 4.28. The van der Waals surface area contributed by atoms with E-state index in [1.165, 1.54) is 13.0 Å². The van der Waals surface area contributed by atoms with Gasteiger partial charge in [0.2, 0.25) is 0 Å². The summed E-state index contributed by atoms with van der Waals surface area (Å²) in [5, 5.41) is 5.74. The SMILES string of the molecule is CCOCCCNCCN1CCc2sccc2C1C. The molecule has 1 atom stereocenters. The summed E-state index contributed by atoms with van der Waals surface area (Å²) >= 11 is 1.91. The van der Waals surface area contributed by atoms with Crippen molar-refractivity contribution in [2.75, 3.05) is 39.4 Å². The predicted molar refractivity (Wildman–Crippen MR) is 82.0 cm³/mol. The highest BCUT2D eigenvalue weighted by atomic mass is 32.1. The topological polar surface area (TPSA) is 24.5 Å². The Bertz CT molecular complexity index is 367. The molecule has 0 saturated heterocycles. The van der Waals surface area contributed by atoms with Gasteiger partial charge < -0.3 is 10.1 Å². The molecule has 1 aromatic heterocycles. The Balaban J connectivity index is 1.62. The Labute approximate surface area is 121 Å². The van der Waals surface area contributed by atoms with Crippen molar-refractivity contribution in [2.45, 2.75) is 32.7 Å². The van der Waals surface area contributed by atoms with Crippen LogP contribution in [-0.4, -0.2) is 44.3 Å². The molecule has 0 saturated carbocycles. The van der Waals surface area contributed by atoms with E-state index in [4.69, 9.17) is 4.74 Å². The molecule has 19 heavy (non-hydrogen) atoms. The quantitative estimate of drug-likeness (QED) is 0.742. The number of ether oxygens (including phenoxy) is 1. The van der Waals surface area contributed by atoms with Gasteiger partial charge in [-0.1, -0.05) is 0 Å². The van der Waals surface area contributed by atoms with Crippen molar-refractivity contribution in [3.05, 3.63) is 21.9 Å². The van der Waals surface area contributed by atoms with Gasteiger partial charge in [0.1, 0.15) is 0 Å². The van der Waals surface area contributed by atoms with Gasteiger partial charge in [-0.3, -0.25) is 4.90 Å².